The van der Waals surface area contributed by atoms with Gasteiger partial charge in [-0.1, -0.05) is 12.1 Å². The van der Waals surface area contributed by atoms with Crippen molar-refractivity contribution in [1.29, 1.82) is 0 Å². The van der Waals surface area contributed by atoms with Crippen molar-refractivity contribution in [3.05, 3.63) is 29.6 Å². The summed E-state index contributed by atoms with van der Waals surface area (Å²) in [5.41, 5.74) is 0.653. The summed E-state index contributed by atoms with van der Waals surface area (Å²) in [6, 6.07) is 4.41. The molecule has 1 aromatic rings. The number of nitrogens with one attached hydrogen (secondary N) is 1. The molecule has 2 N–H and O–H groups in total. The van der Waals surface area contributed by atoms with E-state index in [2.05, 4.69) is 5.32 Å². The SMILES string of the molecule is O=C(O)CCCCC(=O)N[C@H]1CCOc2c(F)cccc21. The van der Waals surface area contributed by atoms with Crippen LogP contribution in [-0.2, 0) is 9.59 Å². The van der Waals surface area contributed by atoms with Gasteiger partial charge in [-0.15, -0.1) is 0 Å². The predicted molar refractivity (Wildman–Crippen MR) is 73.5 cm³/mol. The van der Waals surface area contributed by atoms with Crippen LogP contribution in [0.5, 0.6) is 5.75 Å². The van der Waals surface area contributed by atoms with Gasteiger partial charge in [0.25, 0.3) is 0 Å². The molecule has 0 bridgehead atoms. The Labute approximate surface area is 122 Å². The Hall–Kier alpha value is -2.11. The van der Waals surface area contributed by atoms with Crippen LogP contribution in [0.1, 0.15) is 43.7 Å². The van der Waals surface area contributed by atoms with Gasteiger partial charge in [0.2, 0.25) is 5.91 Å². The fraction of sp³-hybridized carbons (Fsp3) is 0.467. The van der Waals surface area contributed by atoms with Gasteiger partial charge in [0.05, 0.1) is 12.6 Å². The number of benzene rings is 1. The average molecular weight is 295 g/mol. The predicted octanol–water partition coefficient (Wildman–Crippen LogP) is 2.41. The Kier molecular flexibility index (Phi) is 5.14. The maximum atomic E-state index is 13.6. The molecule has 1 aliphatic heterocycles. The number of para-hydroxylation sites is 1. The number of carbonyl (C=O) groups is 2. The average Bonchev–Trinajstić information content (AvgIpc) is 2.45. The largest absolute Gasteiger partial charge is 0.490 e. The van der Waals surface area contributed by atoms with Gasteiger partial charge in [-0.25, -0.2) is 4.39 Å². The first-order valence-electron chi connectivity index (χ1n) is 7.00. The fourth-order valence-electron chi connectivity index (χ4n) is 2.36. The highest BCUT2D eigenvalue weighted by atomic mass is 19.1. The lowest BCUT2D eigenvalue weighted by Gasteiger charge is -2.26. The molecule has 0 radical (unpaired) electrons. The molecular weight excluding hydrogens is 277 g/mol. The third-order valence-corrected chi connectivity index (χ3v) is 3.41. The van der Waals surface area contributed by atoms with E-state index in [1.165, 1.54) is 6.07 Å². The zero-order chi connectivity index (χ0) is 15.2. The number of fused-ring (bicyclic) bond motifs is 1. The number of halogens is 1. The minimum atomic E-state index is -0.857. The summed E-state index contributed by atoms with van der Waals surface area (Å²) in [4.78, 5) is 22.2. The molecule has 0 saturated heterocycles. The van der Waals surface area contributed by atoms with Crippen molar-refractivity contribution in [1.82, 2.24) is 5.32 Å². The summed E-state index contributed by atoms with van der Waals surface area (Å²) in [6.07, 6.45) is 1.93. The Morgan fingerprint density at radius 2 is 2.10 bits per heavy atom. The van der Waals surface area contributed by atoms with Crippen molar-refractivity contribution in [3.63, 3.8) is 0 Å². The van der Waals surface area contributed by atoms with Crippen LogP contribution in [0.25, 0.3) is 0 Å². The molecule has 5 nitrogen and oxygen atoms in total. The van der Waals surface area contributed by atoms with Crippen LogP contribution in [0.15, 0.2) is 18.2 Å². The second-order valence-electron chi connectivity index (χ2n) is 5.02. The van der Waals surface area contributed by atoms with Crippen LogP contribution >= 0.6 is 0 Å². The van der Waals surface area contributed by atoms with Crippen LogP contribution in [0.4, 0.5) is 4.39 Å². The van der Waals surface area contributed by atoms with E-state index in [1.807, 2.05) is 0 Å². The summed E-state index contributed by atoms with van der Waals surface area (Å²) in [7, 11) is 0. The zero-order valence-electron chi connectivity index (χ0n) is 11.6. The smallest absolute Gasteiger partial charge is 0.303 e. The van der Waals surface area contributed by atoms with Crippen molar-refractivity contribution in [2.24, 2.45) is 0 Å². The minimum Gasteiger partial charge on any atom is -0.490 e. The molecular formula is C15H18FNO4. The summed E-state index contributed by atoms with van der Waals surface area (Å²) in [6.45, 7) is 0.359. The van der Waals surface area contributed by atoms with E-state index in [1.54, 1.807) is 12.1 Å². The van der Waals surface area contributed by atoms with E-state index >= 15 is 0 Å². The summed E-state index contributed by atoms with van der Waals surface area (Å²) in [5, 5.41) is 11.4. The topological polar surface area (TPSA) is 75.6 Å². The Balaban J connectivity index is 1.88. The van der Waals surface area contributed by atoms with E-state index < -0.39 is 11.8 Å². The first-order valence-corrected chi connectivity index (χ1v) is 7.00. The maximum Gasteiger partial charge on any atom is 0.303 e. The third kappa shape index (κ3) is 4.18. The third-order valence-electron chi connectivity index (χ3n) is 3.41. The molecule has 1 aliphatic rings. The van der Waals surface area contributed by atoms with Gasteiger partial charge in [0, 0.05) is 24.8 Å². The summed E-state index contributed by atoms with van der Waals surface area (Å²) in [5.74, 6) is -1.22. The summed E-state index contributed by atoms with van der Waals surface area (Å²) >= 11 is 0. The molecule has 1 atom stereocenters. The van der Waals surface area contributed by atoms with Crippen LogP contribution < -0.4 is 10.1 Å². The van der Waals surface area contributed by atoms with E-state index in [-0.39, 0.29) is 30.5 Å². The molecule has 0 fully saturated rings. The molecule has 1 amide bonds. The lowest BCUT2D eigenvalue weighted by Crippen LogP contribution is -2.32. The van der Waals surface area contributed by atoms with E-state index in [0.717, 1.165) is 0 Å². The Morgan fingerprint density at radius 1 is 1.33 bits per heavy atom. The van der Waals surface area contributed by atoms with Crippen LogP contribution in [0, 0.1) is 5.82 Å². The molecule has 0 saturated carbocycles. The number of hydrogen-bond acceptors (Lipinski definition) is 3. The number of hydrogen-bond donors (Lipinski definition) is 2. The van der Waals surface area contributed by atoms with Crippen LogP contribution in [-0.4, -0.2) is 23.6 Å². The fourth-order valence-corrected chi connectivity index (χ4v) is 2.36. The second-order valence-corrected chi connectivity index (χ2v) is 5.02. The number of carbonyl (C=O) groups excluding carboxylic acids is 1. The number of carboxylic acids is 1. The number of carboxylic acid groups (broad SMARTS) is 1. The van der Waals surface area contributed by atoms with Gasteiger partial charge in [0.1, 0.15) is 0 Å². The molecule has 0 spiro atoms. The van der Waals surface area contributed by atoms with Gasteiger partial charge in [-0.3, -0.25) is 9.59 Å². The highest BCUT2D eigenvalue weighted by Crippen LogP contribution is 2.33. The van der Waals surface area contributed by atoms with Crippen molar-refractivity contribution in [3.8, 4) is 5.75 Å². The van der Waals surface area contributed by atoms with Crippen molar-refractivity contribution in [2.75, 3.05) is 6.61 Å². The highest BCUT2D eigenvalue weighted by Gasteiger charge is 2.24. The molecule has 2 rings (SSSR count). The molecule has 0 aromatic heterocycles. The monoisotopic (exact) mass is 295 g/mol. The van der Waals surface area contributed by atoms with Crippen molar-refractivity contribution < 1.29 is 23.8 Å². The van der Waals surface area contributed by atoms with E-state index in [4.69, 9.17) is 9.84 Å². The van der Waals surface area contributed by atoms with Crippen LogP contribution in [0.2, 0.25) is 0 Å². The standard InChI is InChI=1S/C15H18FNO4/c16-11-5-3-4-10-12(8-9-21-15(10)11)17-13(18)6-1-2-7-14(19)20/h3-5,12H,1-2,6-9H2,(H,17,18)(H,19,20)/t12-/m0/s1. The molecule has 0 aliphatic carbocycles. The first kappa shape index (κ1) is 15.3. The number of rotatable bonds is 6. The number of unbranched alkanes of at least 4 members (excludes halogenated alkanes) is 1. The number of amides is 1. The number of ether oxygens (including phenoxy) is 1. The normalized spacial score (nSPS) is 16.7. The Bertz CT molecular complexity index is 532. The lowest BCUT2D eigenvalue weighted by molar-refractivity contribution is -0.137. The minimum absolute atomic E-state index is 0.0680. The van der Waals surface area contributed by atoms with Gasteiger partial charge < -0.3 is 15.2 Å². The lowest BCUT2D eigenvalue weighted by atomic mass is 10.00. The van der Waals surface area contributed by atoms with Gasteiger partial charge in [-0.05, 0) is 18.9 Å². The zero-order valence-corrected chi connectivity index (χ0v) is 11.6. The molecule has 21 heavy (non-hydrogen) atoms. The maximum absolute atomic E-state index is 13.6. The second kappa shape index (κ2) is 7.06. The Morgan fingerprint density at radius 3 is 2.86 bits per heavy atom. The molecule has 6 heteroatoms. The van der Waals surface area contributed by atoms with Gasteiger partial charge >= 0.3 is 5.97 Å². The molecule has 0 unspecified atom stereocenters. The summed E-state index contributed by atoms with van der Waals surface area (Å²) < 4.78 is 18.9. The van der Waals surface area contributed by atoms with Crippen molar-refractivity contribution >= 4 is 11.9 Å². The van der Waals surface area contributed by atoms with Crippen LogP contribution in [0.3, 0.4) is 0 Å². The molecule has 1 heterocycles. The quantitative estimate of drug-likeness (QED) is 0.790. The molecule has 1 aromatic carbocycles. The van der Waals surface area contributed by atoms with Gasteiger partial charge in [-0.2, -0.15) is 0 Å². The van der Waals surface area contributed by atoms with Gasteiger partial charge in [0.15, 0.2) is 11.6 Å². The van der Waals surface area contributed by atoms with Crippen molar-refractivity contribution in [2.45, 2.75) is 38.1 Å². The first-order chi connectivity index (χ1) is 10.1. The van der Waals surface area contributed by atoms with E-state index in [0.29, 0.717) is 31.4 Å². The number of aliphatic carboxylic acids is 1. The van der Waals surface area contributed by atoms with E-state index in [9.17, 15) is 14.0 Å². The molecule has 114 valence electrons. The highest BCUT2D eigenvalue weighted by molar-refractivity contribution is 5.76.